The van der Waals surface area contributed by atoms with Gasteiger partial charge in [0, 0.05) is 10.6 Å². The minimum atomic E-state index is -0.205. The highest BCUT2D eigenvalue weighted by molar-refractivity contribution is 8.00. The number of nitrogens with zero attached hydrogens (tertiary/aromatic N) is 1. The molecule has 0 aliphatic heterocycles. The molecule has 0 fully saturated rings. The molecule has 1 atom stereocenters. The quantitative estimate of drug-likeness (QED) is 0.870. The molecule has 0 bridgehead atoms. The Morgan fingerprint density at radius 2 is 1.95 bits per heavy atom. The van der Waals surface area contributed by atoms with Crippen molar-refractivity contribution < 1.29 is 4.79 Å². The molecular weight excluding hydrogens is 268 g/mol. The van der Waals surface area contributed by atoms with Gasteiger partial charge < -0.3 is 5.32 Å². The first-order chi connectivity index (χ1) is 9.69. The Labute approximate surface area is 122 Å². The predicted octanol–water partition coefficient (Wildman–Crippen LogP) is 3.68. The predicted molar refractivity (Wildman–Crippen MR) is 81.5 cm³/mol. The SMILES string of the molecule is C[C@@H](Sc1ccccc1)C(=O)Nc1cccc(C#N)c1. The molecule has 1 N–H and O–H groups in total. The van der Waals surface area contributed by atoms with Crippen LogP contribution < -0.4 is 5.32 Å². The van der Waals surface area contributed by atoms with Crippen LogP contribution in [0.2, 0.25) is 0 Å². The van der Waals surface area contributed by atoms with Crippen molar-refractivity contribution in [3.63, 3.8) is 0 Å². The van der Waals surface area contributed by atoms with E-state index >= 15 is 0 Å². The summed E-state index contributed by atoms with van der Waals surface area (Å²) in [5.74, 6) is -0.0751. The number of carbonyl (C=O) groups is 1. The van der Waals surface area contributed by atoms with Gasteiger partial charge in [0.05, 0.1) is 16.9 Å². The highest BCUT2D eigenvalue weighted by Crippen LogP contribution is 2.23. The van der Waals surface area contributed by atoms with Gasteiger partial charge in [-0.05, 0) is 37.3 Å². The maximum atomic E-state index is 12.1. The fourth-order valence-electron chi connectivity index (χ4n) is 1.67. The Morgan fingerprint density at radius 1 is 1.20 bits per heavy atom. The van der Waals surface area contributed by atoms with Gasteiger partial charge in [0.1, 0.15) is 0 Å². The zero-order valence-corrected chi connectivity index (χ0v) is 11.9. The van der Waals surface area contributed by atoms with E-state index in [9.17, 15) is 4.79 Å². The monoisotopic (exact) mass is 282 g/mol. The Kier molecular flexibility index (Phi) is 4.80. The standard InChI is InChI=1S/C16H14N2OS/c1-12(20-15-8-3-2-4-9-15)16(19)18-14-7-5-6-13(10-14)11-17/h2-10,12H,1H3,(H,18,19)/t12-/m1/s1. The number of hydrogen-bond acceptors (Lipinski definition) is 3. The van der Waals surface area contributed by atoms with E-state index in [4.69, 9.17) is 5.26 Å². The summed E-state index contributed by atoms with van der Waals surface area (Å²) in [5, 5.41) is 11.5. The highest BCUT2D eigenvalue weighted by Gasteiger charge is 2.14. The average molecular weight is 282 g/mol. The second kappa shape index (κ2) is 6.78. The fourth-order valence-corrected chi connectivity index (χ4v) is 2.56. The summed E-state index contributed by atoms with van der Waals surface area (Å²) < 4.78 is 0. The molecule has 0 saturated heterocycles. The molecular formula is C16H14N2OS. The van der Waals surface area contributed by atoms with Gasteiger partial charge in [-0.2, -0.15) is 5.26 Å². The lowest BCUT2D eigenvalue weighted by Crippen LogP contribution is -2.22. The Morgan fingerprint density at radius 3 is 2.65 bits per heavy atom. The second-order valence-electron chi connectivity index (χ2n) is 4.25. The van der Waals surface area contributed by atoms with Crippen molar-refractivity contribution in [2.75, 3.05) is 5.32 Å². The molecule has 0 saturated carbocycles. The van der Waals surface area contributed by atoms with Crippen LogP contribution >= 0.6 is 11.8 Å². The van der Waals surface area contributed by atoms with Crippen LogP contribution in [0.3, 0.4) is 0 Å². The molecule has 0 radical (unpaired) electrons. The maximum Gasteiger partial charge on any atom is 0.237 e. The van der Waals surface area contributed by atoms with Crippen molar-refractivity contribution in [3.05, 3.63) is 60.2 Å². The van der Waals surface area contributed by atoms with E-state index in [2.05, 4.69) is 11.4 Å². The van der Waals surface area contributed by atoms with Gasteiger partial charge in [0.15, 0.2) is 0 Å². The van der Waals surface area contributed by atoms with E-state index in [1.54, 1.807) is 24.3 Å². The first kappa shape index (κ1) is 14.2. The third kappa shape index (κ3) is 3.87. The van der Waals surface area contributed by atoms with E-state index in [-0.39, 0.29) is 11.2 Å². The van der Waals surface area contributed by atoms with Crippen LogP contribution in [0.4, 0.5) is 5.69 Å². The topological polar surface area (TPSA) is 52.9 Å². The van der Waals surface area contributed by atoms with Gasteiger partial charge in [-0.25, -0.2) is 0 Å². The largest absolute Gasteiger partial charge is 0.325 e. The number of anilines is 1. The summed E-state index contributed by atoms with van der Waals surface area (Å²) in [6.45, 7) is 1.86. The number of thioether (sulfide) groups is 1. The van der Waals surface area contributed by atoms with E-state index < -0.39 is 0 Å². The van der Waals surface area contributed by atoms with Crippen molar-refractivity contribution in [2.45, 2.75) is 17.1 Å². The zero-order chi connectivity index (χ0) is 14.4. The molecule has 3 nitrogen and oxygen atoms in total. The first-order valence-corrected chi connectivity index (χ1v) is 7.10. The van der Waals surface area contributed by atoms with Crippen molar-refractivity contribution >= 4 is 23.4 Å². The van der Waals surface area contributed by atoms with Crippen LogP contribution in [0, 0.1) is 11.3 Å². The Bertz CT molecular complexity index is 634. The molecule has 1 amide bonds. The fraction of sp³-hybridized carbons (Fsp3) is 0.125. The van der Waals surface area contributed by atoms with E-state index in [1.807, 2.05) is 37.3 Å². The summed E-state index contributed by atoms with van der Waals surface area (Å²) in [7, 11) is 0. The van der Waals surface area contributed by atoms with Crippen LogP contribution in [-0.4, -0.2) is 11.2 Å². The lowest BCUT2D eigenvalue weighted by molar-refractivity contribution is -0.115. The third-order valence-corrected chi connectivity index (χ3v) is 3.80. The molecule has 0 aliphatic carbocycles. The molecule has 100 valence electrons. The molecule has 20 heavy (non-hydrogen) atoms. The molecule has 0 heterocycles. The van der Waals surface area contributed by atoms with Crippen LogP contribution in [0.5, 0.6) is 0 Å². The smallest absolute Gasteiger partial charge is 0.237 e. The summed E-state index contributed by atoms with van der Waals surface area (Å²) in [4.78, 5) is 13.2. The van der Waals surface area contributed by atoms with E-state index in [1.165, 1.54) is 11.8 Å². The lowest BCUT2D eigenvalue weighted by Gasteiger charge is -2.12. The number of hydrogen-bond donors (Lipinski definition) is 1. The molecule has 0 spiro atoms. The third-order valence-electron chi connectivity index (χ3n) is 2.68. The minimum Gasteiger partial charge on any atom is -0.325 e. The first-order valence-electron chi connectivity index (χ1n) is 6.22. The molecule has 2 aromatic carbocycles. The molecule has 2 rings (SSSR count). The van der Waals surface area contributed by atoms with Crippen molar-refractivity contribution in [3.8, 4) is 6.07 Å². The van der Waals surface area contributed by atoms with Crippen molar-refractivity contribution in [2.24, 2.45) is 0 Å². The Hall–Kier alpha value is -2.25. The zero-order valence-electron chi connectivity index (χ0n) is 11.0. The number of nitriles is 1. The van der Waals surface area contributed by atoms with Crippen LogP contribution in [0.1, 0.15) is 12.5 Å². The molecule has 0 aromatic heterocycles. The summed E-state index contributed by atoms with van der Waals surface area (Å²) in [6.07, 6.45) is 0. The van der Waals surface area contributed by atoms with Gasteiger partial charge in [0.2, 0.25) is 5.91 Å². The van der Waals surface area contributed by atoms with Gasteiger partial charge in [-0.1, -0.05) is 24.3 Å². The highest BCUT2D eigenvalue weighted by atomic mass is 32.2. The lowest BCUT2D eigenvalue weighted by atomic mass is 10.2. The van der Waals surface area contributed by atoms with Gasteiger partial charge in [-0.3, -0.25) is 4.79 Å². The molecule has 4 heteroatoms. The molecule has 2 aromatic rings. The van der Waals surface area contributed by atoms with Gasteiger partial charge in [0.25, 0.3) is 0 Å². The molecule has 0 aliphatic rings. The summed E-state index contributed by atoms with van der Waals surface area (Å²) in [6, 6.07) is 18.7. The molecule has 0 unspecified atom stereocenters. The minimum absolute atomic E-state index is 0.0751. The van der Waals surface area contributed by atoms with Crippen molar-refractivity contribution in [1.29, 1.82) is 5.26 Å². The van der Waals surface area contributed by atoms with Gasteiger partial charge >= 0.3 is 0 Å². The van der Waals surface area contributed by atoms with Gasteiger partial charge in [-0.15, -0.1) is 11.8 Å². The number of rotatable bonds is 4. The number of carbonyl (C=O) groups excluding carboxylic acids is 1. The Balaban J connectivity index is 1.99. The average Bonchev–Trinajstić information content (AvgIpc) is 2.48. The van der Waals surface area contributed by atoms with Crippen molar-refractivity contribution in [1.82, 2.24) is 0 Å². The van der Waals surface area contributed by atoms with Crippen LogP contribution in [-0.2, 0) is 4.79 Å². The normalized spacial score (nSPS) is 11.4. The second-order valence-corrected chi connectivity index (χ2v) is 5.67. The van der Waals surface area contributed by atoms with Crippen LogP contribution in [0.15, 0.2) is 59.5 Å². The summed E-state index contributed by atoms with van der Waals surface area (Å²) in [5.41, 5.74) is 1.18. The number of amides is 1. The number of benzene rings is 2. The van der Waals surface area contributed by atoms with E-state index in [0.29, 0.717) is 11.3 Å². The summed E-state index contributed by atoms with van der Waals surface area (Å²) >= 11 is 1.50. The van der Waals surface area contributed by atoms with E-state index in [0.717, 1.165) is 4.90 Å². The maximum absolute atomic E-state index is 12.1. The number of nitrogens with one attached hydrogen (secondary N) is 1. The van der Waals surface area contributed by atoms with Crippen LogP contribution in [0.25, 0.3) is 0 Å².